The molecule has 5 nitrogen and oxygen atoms in total. The van der Waals surface area contributed by atoms with Gasteiger partial charge in [-0.3, -0.25) is 9.59 Å². The number of allylic oxidation sites excluding steroid dienone is 1. The quantitative estimate of drug-likeness (QED) is 0.924. The number of aromatic nitrogens is 1. The molecule has 124 valence electrons. The number of nitrogens with zero attached hydrogens (tertiary/aromatic N) is 2. The summed E-state index contributed by atoms with van der Waals surface area (Å²) in [6, 6.07) is 4.04. The summed E-state index contributed by atoms with van der Waals surface area (Å²) in [5.41, 5.74) is 2.46. The summed E-state index contributed by atoms with van der Waals surface area (Å²) in [5.74, 6) is -0.166. The molecule has 0 radical (unpaired) electrons. The van der Waals surface area contributed by atoms with Crippen molar-refractivity contribution in [3.63, 3.8) is 0 Å². The van der Waals surface area contributed by atoms with Gasteiger partial charge in [0.1, 0.15) is 6.04 Å². The average molecular weight is 323 g/mol. The Balaban J connectivity index is 1.67. The fourth-order valence-corrected chi connectivity index (χ4v) is 3.61. The molecule has 1 atom stereocenters. The van der Waals surface area contributed by atoms with E-state index in [2.05, 4.69) is 48.8 Å². The Morgan fingerprint density at radius 3 is 2.58 bits per heavy atom. The first-order valence-corrected chi connectivity index (χ1v) is 8.38. The molecule has 1 saturated heterocycles. The summed E-state index contributed by atoms with van der Waals surface area (Å²) >= 11 is 0. The van der Waals surface area contributed by atoms with Gasteiger partial charge in [0.2, 0.25) is 5.91 Å². The summed E-state index contributed by atoms with van der Waals surface area (Å²) in [5, 5.41) is 4.98. The van der Waals surface area contributed by atoms with Gasteiger partial charge in [-0.2, -0.15) is 0 Å². The first-order chi connectivity index (χ1) is 11.4. The zero-order valence-corrected chi connectivity index (χ0v) is 14.0. The zero-order chi connectivity index (χ0) is 17.0. The Morgan fingerprint density at radius 2 is 1.92 bits per heavy atom. The van der Waals surface area contributed by atoms with Crippen molar-refractivity contribution in [2.45, 2.75) is 45.3 Å². The maximum Gasteiger partial charge on any atom is 0.255 e. The van der Waals surface area contributed by atoms with Gasteiger partial charge in [-0.05, 0) is 49.8 Å². The van der Waals surface area contributed by atoms with E-state index in [0.29, 0.717) is 19.0 Å². The van der Waals surface area contributed by atoms with E-state index >= 15 is 0 Å². The van der Waals surface area contributed by atoms with Gasteiger partial charge in [-0.15, -0.1) is 0 Å². The van der Waals surface area contributed by atoms with Crippen LogP contribution in [0.3, 0.4) is 0 Å². The van der Waals surface area contributed by atoms with Crippen LogP contribution in [0.15, 0.2) is 36.8 Å². The highest BCUT2D eigenvalue weighted by Gasteiger charge is 2.38. The van der Waals surface area contributed by atoms with Gasteiger partial charge in [0.05, 0.1) is 0 Å². The van der Waals surface area contributed by atoms with Crippen molar-refractivity contribution < 1.29 is 9.59 Å². The van der Waals surface area contributed by atoms with Gasteiger partial charge < -0.3 is 14.8 Å². The van der Waals surface area contributed by atoms with Gasteiger partial charge in [0.15, 0.2) is 0 Å². The monoisotopic (exact) mass is 323 g/mol. The molecule has 1 N–H and O–H groups in total. The molecule has 2 amide bonds. The van der Waals surface area contributed by atoms with E-state index < -0.39 is 6.04 Å². The largest absolute Gasteiger partial charge is 0.351 e. The molecule has 0 saturated carbocycles. The molecule has 24 heavy (non-hydrogen) atoms. The van der Waals surface area contributed by atoms with E-state index in [4.69, 9.17) is 0 Å². The van der Waals surface area contributed by atoms with E-state index in [1.807, 2.05) is 6.07 Å². The summed E-state index contributed by atoms with van der Waals surface area (Å²) in [7, 11) is 0. The van der Waals surface area contributed by atoms with Crippen molar-refractivity contribution in [2.75, 3.05) is 0 Å². The predicted molar refractivity (Wildman–Crippen MR) is 92.5 cm³/mol. The molecule has 1 fully saturated rings. The highest BCUT2D eigenvalue weighted by molar-refractivity contribution is 6.04. The number of carbonyl (C=O) groups excluding carboxylic acids is 2. The second-order valence-electron chi connectivity index (χ2n) is 7.02. The normalized spacial score (nSPS) is 20.9. The maximum absolute atomic E-state index is 12.8. The Labute approximate surface area is 140 Å². The topological polar surface area (TPSA) is 54.3 Å². The van der Waals surface area contributed by atoms with Crippen molar-refractivity contribution in [2.24, 2.45) is 0 Å². The number of fused-ring (bicyclic) bond motifs is 2. The highest BCUT2D eigenvalue weighted by atomic mass is 16.2. The molecule has 2 aliphatic rings. The zero-order valence-electron chi connectivity index (χ0n) is 14.0. The number of rotatable bonds is 2. The van der Waals surface area contributed by atoms with Crippen LogP contribution in [-0.4, -0.2) is 27.3 Å². The van der Waals surface area contributed by atoms with Crippen LogP contribution < -0.4 is 5.32 Å². The third kappa shape index (κ3) is 2.23. The third-order valence-electron chi connectivity index (χ3n) is 5.01. The van der Waals surface area contributed by atoms with Crippen LogP contribution in [0, 0.1) is 0 Å². The fourth-order valence-electron chi connectivity index (χ4n) is 3.61. The molecule has 1 unspecified atom stereocenters. The van der Waals surface area contributed by atoms with Crippen LogP contribution in [-0.2, 0) is 11.3 Å². The minimum atomic E-state index is -0.398. The van der Waals surface area contributed by atoms with Crippen molar-refractivity contribution in [1.29, 1.82) is 0 Å². The molecule has 0 aliphatic carbocycles. The second-order valence-corrected chi connectivity index (χ2v) is 7.02. The molecule has 3 heterocycles. The Morgan fingerprint density at radius 1 is 1.21 bits per heavy atom. The number of piperidine rings is 1. The van der Waals surface area contributed by atoms with Crippen LogP contribution in [0.5, 0.6) is 0 Å². The molecule has 5 heteroatoms. The fraction of sp³-hybridized carbons (Fsp3) is 0.368. The van der Waals surface area contributed by atoms with Crippen LogP contribution >= 0.6 is 0 Å². The second kappa shape index (κ2) is 5.23. The molecular formula is C19H21N3O2. The van der Waals surface area contributed by atoms with Crippen LogP contribution in [0.25, 0.3) is 10.8 Å². The molecular weight excluding hydrogens is 302 g/mol. The predicted octanol–water partition coefficient (Wildman–Crippen LogP) is 2.97. The average Bonchev–Trinajstić information content (AvgIpc) is 3.07. The Hall–Kier alpha value is -2.56. The SMILES string of the molecule is C=C1CCC(N2Cc3cc4cn(C(C)C)cc4cc3C2=O)C(=O)N1. The number of hydrogen-bond acceptors (Lipinski definition) is 2. The van der Waals surface area contributed by atoms with E-state index in [1.54, 1.807) is 4.90 Å². The summed E-state index contributed by atoms with van der Waals surface area (Å²) in [6.45, 7) is 8.57. The lowest BCUT2D eigenvalue weighted by Crippen LogP contribution is -2.49. The lowest BCUT2D eigenvalue weighted by Gasteiger charge is -2.30. The van der Waals surface area contributed by atoms with Gasteiger partial charge in [-0.1, -0.05) is 6.58 Å². The third-order valence-corrected chi connectivity index (χ3v) is 5.01. The molecule has 0 spiro atoms. The van der Waals surface area contributed by atoms with Gasteiger partial charge in [-0.25, -0.2) is 0 Å². The standard InChI is InChI=1S/C19H21N3O2/c1-11(2)21-8-13-6-15-10-22(17-5-4-12(3)20-18(17)23)19(24)16(15)7-14(13)9-21/h6-9,11,17H,3-5,10H2,1-2H3,(H,20,23). The summed E-state index contributed by atoms with van der Waals surface area (Å²) in [4.78, 5) is 26.7. The molecule has 2 aliphatic heterocycles. The van der Waals surface area contributed by atoms with Gasteiger partial charge in [0.25, 0.3) is 5.91 Å². The molecule has 0 bridgehead atoms. The van der Waals surface area contributed by atoms with Crippen LogP contribution in [0.2, 0.25) is 0 Å². The van der Waals surface area contributed by atoms with E-state index in [-0.39, 0.29) is 11.8 Å². The van der Waals surface area contributed by atoms with Gasteiger partial charge in [0, 0.05) is 41.6 Å². The van der Waals surface area contributed by atoms with Crippen molar-refractivity contribution in [1.82, 2.24) is 14.8 Å². The number of nitrogens with one attached hydrogen (secondary N) is 1. The lowest BCUT2D eigenvalue weighted by atomic mass is 10.0. The minimum absolute atomic E-state index is 0.0446. The first kappa shape index (κ1) is 15.0. The van der Waals surface area contributed by atoms with Crippen molar-refractivity contribution in [3.05, 3.63) is 47.9 Å². The van der Waals surface area contributed by atoms with E-state index in [9.17, 15) is 9.59 Å². The maximum atomic E-state index is 12.8. The van der Waals surface area contributed by atoms with E-state index in [0.717, 1.165) is 34.0 Å². The summed E-state index contributed by atoms with van der Waals surface area (Å²) in [6.07, 6.45) is 5.56. The Kier molecular flexibility index (Phi) is 3.27. The molecule has 4 rings (SSSR count). The number of benzene rings is 1. The highest BCUT2D eigenvalue weighted by Crippen LogP contribution is 2.32. The van der Waals surface area contributed by atoms with Crippen LogP contribution in [0.1, 0.15) is 48.7 Å². The van der Waals surface area contributed by atoms with Crippen molar-refractivity contribution >= 4 is 22.6 Å². The Bertz CT molecular complexity index is 878. The lowest BCUT2D eigenvalue weighted by molar-refractivity contribution is -0.126. The van der Waals surface area contributed by atoms with Crippen LogP contribution in [0.4, 0.5) is 0 Å². The van der Waals surface area contributed by atoms with Gasteiger partial charge >= 0.3 is 0 Å². The first-order valence-electron chi connectivity index (χ1n) is 8.38. The smallest absolute Gasteiger partial charge is 0.255 e. The molecule has 1 aromatic carbocycles. The molecule has 2 aromatic rings. The number of amides is 2. The summed E-state index contributed by atoms with van der Waals surface area (Å²) < 4.78 is 2.16. The molecule has 1 aromatic heterocycles. The van der Waals surface area contributed by atoms with Crippen molar-refractivity contribution in [3.8, 4) is 0 Å². The minimum Gasteiger partial charge on any atom is -0.351 e. The number of carbonyl (C=O) groups is 2. The number of hydrogen-bond donors (Lipinski definition) is 1. The van der Waals surface area contributed by atoms with E-state index in [1.165, 1.54) is 0 Å².